The number of alkyl carbamates (subject to hydrolysis) is 2. The molecule has 0 radical (unpaired) electrons. The predicted octanol–water partition coefficient (Wildman–Crippen LogP) is 7.84. The molecule has 11 aliphatic rings. The van der Waals surface area contributed by atoms with Crippen LogP contribution in [0.4, 0.5) is 20.1 Å². The van der Waals surface area contributed by atoms with Crippen molar-refractivity contribution in [1.82, 2.24) is 21.3 Å². The van der Waals surface area contributed by atoms with E-state index in [0.29, 0.717) is 43.4 Å². The first-order valence-corrected chi connectivity index (χ1v) is 35.4. The third-order valence-corrected chi connectivity index (χ3v) is 21.9. The summed E-state index contributed by atoms with van der Waals surface area (Å²) in [6, 6.07) is 19.6. The average Bonchev–Trinajstić information content (AvgIpc) is 1.55. The van der Waals surface area contributed by atoms with E-state index >= 15 is 0 Å². The quantitative estimate of drug-likeness (QED) is 0.0444. The molecule has 0 aromatic heterocycles. The highest BCUT2D eigenvalue weighted by atomic mass is 16.8. The van der Waals surface area contributed by atoms with Crippen molar-refractivity contribution >= 4 is 41.5 Å². The number of amides is 6. The van der Waals surface area contributed by atoms with Gasteiger partial charge >= 0.3 is 18.2 Å². The zero-order valence-corrected chi connectivity index (χ0v) is 56.4. The molecule has 530 valence electrons. The normalized spacial score (nSPS) is 34.1. The number of carbonyl (C=O) groups is 6. The van der Waals surface area contributed by atoms with Gasteiger partial charge in [-0.25, -0.2) is 14.4 Å². The molecular formula is C74H96N6O18. The van der Waals surface area contributed by atoms with Crippen LogP contribution in [-0.2, 0) is 73.1 Å². The Labute approximate surface area is 572 Å². The number of methoxy groups -OCH3 is 1. The summed E-state index contributed by atoms with van der Waals surface area (Å²) in [5, 5.41) is 25.1. The number of nitrogens with two attached hydrogens (primary N) is 1. The van der Waals surface area contributed by atoms with E-state index in [-0.39, 0.29) is 137 Å². The highest BCUT2D eigenvalue weighted by molar-refractivity contribution is 5.98. The molecule has 24 nitrogen and oxygen atoms in total. The Morgan fingerprint density at radius 3 is 2.15 bits per heavy atom. The van der Waals surface area contributed by atoms with Gasteiger partial charge in [-0.2, -0.15) is 0 Å². The van der Waals surface area contributed by atoms with Crippen LogP contribution in [0.2, 0.25) is 0 Å². The van der Waals surface area contributed by atoms with Gasteiger partial charge < -0.3 is 89.5 Å². The first kappa shape index (κ1) is 69.6. The van der Waals surface area contributed by atoms with E-state index in [1.165, 1.54) is 0 Å². The highest BCUT2D eigenvalue weighted by Gasteiger charge is 2.69. The van der Waals surface area contributed by atoms with E-state index in [9.17, 15) is 33.9 Å². The topological polar surface area (TPSA) is 310 Å². The summed E-state index contributed by atoms with van der Waals surface area (Å²) in [7, 11) is 1.59. The molecular weight excluding hydrogens is 1260 g/mol. The average molecular weight is 1360 g/mol. The van der Waals surface area contributed by atoms with Crippen molar-refractivity contribution in [1.29, 1.82) is 0 Å². The zero-order valence-electron chi connectivity index (χ0n) is 56.4. The fourth-order valence-electron chi connectivity index (χ4n) is 16.9. The molecule has 10 aliphatic heterocycles. The number of benzene rings is 3. The molecule has 21 atom stereocenters. The molecule has 6 amide bonds. The lowest BCUT2D eigenvalue weighted by Crippen LogP contribution is -2.61. The van der Waals surface area contributed by atoms with Crippen LogP contribution < -0.4 is 32.3 Å². The number of Topliss-reactive ketones (excluding diaryl/α,β-unsaturated/α-hetero) is 1. The molecule has 10 heterocycles. The molecule has 1 spiro atoms. The number of ether oxygens (including phenoxy) is 11. The molecule has 3 aromatic carbocycles. The number of aliphatic hydroxyl groups excluding tert-OH is 1. The standard InChI is InChI=1S/C74H96N6O18/c1-38(2)62(80-73(87)90-37-54-51-14-9-7-12-49(51)50-13-8-10-15-52(50)54)70(84)79-55(16-11-27-76-71(75)85)69(83)78-43-19-17-42(18-20-43)36-89-72(86)77-35-45(82)32-60-63(88-6)53-31-44(81)30-47-22-24-57-64(93-47)68-67-66(95-57)65-61(96-67)34-74(97-65,98-68)26-25-48-29-40(4)56(91-48)23-21-46-28-39(3)41(5)58(92-46)33-59(53)94-60/h7-10,12-15,17-20,38-39,45-48,53-68,82H,4-5,11,16,21-37H2,1-3,6H3,(H,77,86)(H,78,83)(H,79,84)(H,80,87)(H3,75,76,85)/t39-,45+,46+,47-,48+,53+,55+,56?,57+,58-,59+,60-,61-,62+,63-,64+,65+,66?,67-,68?,74+/m1/s1. The zero-order chi connectivity index (χ0) is 68.5. The first-order valence-electron chi connectivity index (χ1n) is 35.4. The van der Waals surface area contributed by atoms with E-state index in [1.54, 1.807) is 45.2 Å². The minimum absolute atomic E-state index is 0.000318. The van der Waals surface area contributed by atoms with Crippen molar-refractivity contribution in [2.24, 2.45) is 23.5 Å². The van der Waals surface area contributed by atoms with Gasteiger partial charge in [0.1, 0.15) is 61.6 Å². The van der Waals surface area contributed by atoms with Crippen LogP contribution >= 0.6 is 0 Å². The molecule has 24 heteroatoms. The van der Waals surface area contributed by atoms with E-state index in [2.05, 4.69) is 46.7 Å². The lowest BCUT2D eigenvalue weighted by molar-refractivity contribution is -0.292. The summed E-state index contributed by atoms with van der Waals surface area (Å²) in [5.41, 5.74) is 12.5. The maximum Gasteiger partial charge on any atom is 0.407 e. The van der Waals surface area contributed by atoms with Crippen molar-refractivity contribution < 1.29 is 86.0 Å². The monoisotopic (exact) mass is 1360 g/mol. The van der Waals surface area contributed by atoms with Gasteiger partial charge in [0.25, 0.3) is 0 Å². The number of rotatable bonds is 19. The van der Waals surface area contributed by atoms with Crippen LogP contribution in [0.15, 0.2) is 97.1 Å². The van der Waals surface area contributed by atoms with E-state index in [4.69, 9.17) is 57.8 Å². The van der Waals surface area contributed by atoms with Crippen molar-refractivity contribution in [2.75, 3.05) is 32.1 Å². The molecule has 3 unspecified atom stereocenters. The summed E-state index contributed by atoms with van der Waals surface area (Å²) in [6.07, 6.45) is 0.212. The van der Waals surface area contributed by atoms with Crippen LogP contribution in [0.25, 0.3) is 11.1 Å². The van der Waals surface area contributed by atoms with Gasteiger partial charge in [0.2, 0.25) is 11.8 Å². The molecule has 98 heavy (non-hydrogen) atoms. The maximum atomic E-state index is 14.6. The third kappa shape index (κ3) is 15.4. The SMILES string of the molecule is C=C1C[C@@H]2CC[C@@]34C[C@H]5O[C@H]6C(O3)[C@H]3O[C@H](CC[C@@H]3OC6[C@H]5O4)CC(=O)C[C@@H]3[C@@H](OC)[C@@H](C[C@H](O)CNC(=O)OCc4ccc(NC(=O)[C@H](CCCNC(N)=O)NC(=O)[C@@H](NC(=O)OCC5c6ccccc6-c6ccccc65)C(C)C)cc4)O[C@H]3C[C@H]3O[C@@H](CCC1O2)C[C@@H](C)C3=C. The minimum Gasteiger partial charge on any atom is -0.449 e. The number of fused-ring (bicyclic) bond motifs is 9. The Morgan fingerprint density at radius 1 is 0.704 bits per heavy atom. The third-order valence-electron chi connectivity index (χ3n) is 21.9. The number of hydrogen-bond acceptors (Lipinski definition) is 18. The Balaban J connectivity index is 0.607. The summed E-state index contributed by atoms with van der Waals surface area (Å²) in [4.78, 5) is 80.5. The van der Waals surface area contributed by atoms with Crippen molar-refractivity contribution in [2.45, 2.75) is 245 Å². The van der Waals surface area contributed by atoms with Crippen LogP contribution in [0.1, 0.15) is 140 Å². The number of aliphatic hydroxyl groups is 1. The summed E-state index contributed by atoms with van der Waals surface area (Å²) >= 11 is 0. The first-order chi connectivity index (χ1) is 47.2. The predicted molar refractivity (Wildman–Crippen MR) is 356 cm³/mol. The smallest absolute Gasteiger partial charge is 0.407 e. The molecule has 12 bridgehead atoms. The van der Waals surface area contributed by atoms with E-state index in [1.807, 2.05) is 48.5 Å². The van der Waals surface area contributed by atoms with Crippen LogP contribution in [0, 0.1) is 17.8 Å². The largest absolute Gasteiger partial charge is 0.449 e. The number of nitrogens with one attached hydrogen (secondary N) is 5. The van der Waals surface area contributed by atoms with Gasteiger partial charge in [-0.1, -0.05) is 94.6 Å². The fraction of sp³-hybridized carbons (Fsp3) is 0.622. The number of urea groups is 1. The van der Waals surface area contributed by atoms with E-state index < -0.39 is 96.4 Å². The number of carbonyl (C=O) groups excluding carboxylic acids is 6. The number of anilines is 1. The summed E-state index contributed by atoms with van der Waals surface area (Å²) < 4.78 is 72.2. The molecule has 0 saturated carbocycles. The molecule has 3 aromatic rings. The second-order valence-corrected chi connectivity index (χ2v) is 29.0. The Bertz CT molecular complexity index is 3380. The lowest BCUT2D eigenvalue weighted by Gasteiger charge is -2.47. The number of ketones is 1. The molecule has 1 aliphatic carbocycles. The summed E-state index contributed by atoms with van der Waals surface area (Å²) in [6.45, 7) is 14.6. The minimum atomic E-state index is -1.10. The fourth-order valence-corrected chi connectivity index (χ4v) is 16.9. The van der Waals surface area contributed by atoms with Crippen LogP contribution in [-0.4, -0.2) is 183 Å². The summed E-state index contributed by atoms with van der Waals surface area (Å²) in [5.74, 6) is -2.87. The molecule has 10 fully saturated rings. The maximum absolute atomic E-state index is 14.6. The second-order valence-electron chi connectivity index (χ2n) is 29.0. The molecule has 8 N–H and O–H groups in total. The van der Waals surface area contributed by atoms with Gasteiger partial charge in [-0.15, -0.1) is 0 Å². The van der Waals surface area contributed by atoms with Crippen molar-refractivity contribution in [3.8, 4) is 11.1 Å². The van der Waals surface area contributed by atoms with Crippen LogP contribution in [0.3, 0.4) is 0 Å². The van der Waals surface area contributed by atoms with Crippen molar-refractivity contribution in [3.63, 3.8) is 0 Å². The number of hydrogen-bond donors (Lipinski definition) is 7. The van der Waals surface area contributed by atoms with Gasteiger partial charge in [0.05, 0.1) is 67.1 Å². The molecule has 14 rings (SSSR count). The van der Waals surface area contributed by atoms with Gasteiger partial charge in [-0.3, -0.25) is 14.4 Å². The van der Waals surface area contributed by atoms with Crippen LogP contribution in [0.5, 0.6) is 0 Å². The van der Waals surface area contributed by atoms with Gasteiger partial charge in [0.15, 0.2) is 5.79 Å². The lowest BCUT2D eigenvalue weighted by atomic mass is 9.81. The highest BCUT2D eigenvalue weighted by Crippen LogP contribution is 2.55. The Hall–Kier alpha value is -6.84. The Kier molecular flexibility index (Phi) is 21.4. The second kappa shape index (κ2) is 30.2. The number of primary amides is 1. The van der Waals surface area contributed by atoms with Gasteiger partial charge in [-0.05, 0) is 121 Å². The van der Waals surface area contributed by atoms with Crippen molar-refractivity contribution in [3.05, 3.63) is 114 Å². The Morgan fingerprint density at radius 2 is 1.41 bits per heavy atom. The molecule has 10 saturated heterocycles. The van der Waals surface area contributed by atoms with Gasteiger partial charge in [0, 0.05) is 76.2 Å². The van der Waals surface area contributed by atoms with E-state index in [0.717, 1.165) is 65.5 Å².